The molecule has 0 aromatic rings. The molecule has 0 fully saturated rings. The normalized spacial score (nSPS) is 15.1. The molecule has 5 nitrogen and oxygen atoms in total. The molecule has 0 aliphatic carbocycles. The van der Waals surface area contributed by atoms with Crippen LogP contribution in [0.4, 0.5) is 0 Å². The zero-order valence-corrected chi connectivity index (χ0v) is 6.48. The molecule has 0 bridgehead atoms. The molecule has 1 unspecified atom stereocenters. The highest BCUT2D eigenvalue weighted by molar-refractivity contribution is 7.86. The summed E-state index contributed by atoms with van der Waals surface area (Å²) in [6.45, 7) is 1.75. The van der Waals surface area contributed by atoms with Crippen LogP contribution in [0.1, 0.15) is 6.92 Å². The second kappa shape index (κ2) is 3.87. The quantitative estimate of drug-likeness (QED) is 0.530. The molecule has 0 amide bonds. The highest BCUT2D eigenvalue weighted by atomic mass is 32.2. The fourth-order valence-corrected chi connectivity index (χ4v) is 1.10. The number of nitrogens with one attached hydrogen (secondary N) is 2. The lowest BCUT2D eigenvalue weighted by atomic mass is 10.6. The average Bonchev–Trinajstić information content (AvgIpc) is 1.80. The van der Waals surface area contributed by atoms with E-state index in [4.69, 9.17) is 10.3 Å². The summed E-state index contributed by atoms with van der Waals surface area (Å²) in [6, 6.07) is 0. The Bertz CT molecular complexity index is 177. The van der Waals surface area contributed by atoms with Crippen LogP contribution in [-0.4, -0.2) is 31.4 Å². The monoisotopic (exact) mass is 167 g/mol. The third-order valence-electron chi connectivity index (χ3n) is 0.977. The van der Waals surface area contributed by atoms with Crippen LogP contribution < -0.4 is 11.1 Å². The molecule has 0 spiro atoms. The molecule has 1 radical (unpaired) electrons. The first kappa shape index (κ1) is 9.83. The minimum absolute atomic E-state index is 0.368. The number of hydrogen-bond acceptors (Lipinski definition) is 3. The Labute approximate surface area is 60.4 Å². The van der Waals surface area contributed by atoms with E-state index < -0.39 is 15.5 Å². The van der Waals surface area contributed by atoms with Gasteiger partial charge in [-0.3, -0.25) is 15.6 Å². The van der Waals surface area contributed by atoms with Gasteiger partial charge in [0.05, 0.1) is 0 Å². The van der Waals surface area contributed by atoms with E-state index in [1.165, 1.54) is 0 Å². The highest BCUT2D eigenvalue weighted by Crippen LogP contribution is 1.90. The maximum atomic E-state index is 10.3. The van der Waals surface area contributed by atoms with E-state index in [-0.39, 0.29) is 6.54 Å². The van der Waals surface area contributed by atoms with Gasteiger partial charge >= 0.3 is 0 Å². The van der Waals surface area contributed by atoms with Gasteiger partial charge in [0.1, 0.15) is 5.37 Å². The topological polar surface area (TPSA) is 90.2 Å². The van der Waals surface area contributed by atoms with Crippen LogP contribution in [0.2, 0.25) is 0 Å². The molecule has 0 aliphatic heterocycles. The first-order valence-corrected chi connectivity index (χ1v) is 4.37. The lowest BCUT2D eigenvalue weighted by Crippen LogP contribution is -2.39. The van der Waals surface area contributed by atoms with Crippen molar-refractivity contribution in [3.8, 4) is 0 Å². The van der Waals surface area contributed by atoms with E-state index in [0.717, 1.165) is 0 Å². The predicted octanol–water partition coefficient (Wildman–Crippen LogP) is -0.907. The number of hydrogen-bond donors (Lipinski definition) is 2. The summed E-state index contributed by atoms with van der Waals surface area (Å²) in [7, 11) is -4.08. The Morgan fingerprint density at radius 2 is 2.20 bits per heavy atom. The predicted molar refractivity (Wildman–Crippen MR) is 37.0 cm³/mol. The lowest BCUT2D eigenvalue weighted by molar-refractivity contribution is 0.452. The molecule has 0 saturated carbocycles. The fraction of sp³-hybridized carbons (Fsp3) is 1.00. The standard InChI is InChI=1S/C4H11N2O3S/c1-2-6-4(3-5)10(7,8)9/h4-6H,2-3H2,1H3,(H,7,8,9). The van der Waals surface area contributed by atoms with Gasteiger partial charge in [0.2, 0.25) is 0 Å². The smallest absolute Gasteiger partial charge is 0.282 e. The summed E-state index contributed by atoms with van der Waals surface area (Å²) in [6.07, 6.45) is 0. The molecule has 0 aliphatic rings. The van der Waals surface area contributed by atoms with Crippen molar-refractivity contribution in [3.63, 3.8) is 0 Å². The molecule has 0 aromatic carbocycles. The molecular formula is C4H11N2O3S. The molecule has 3 N–H and O–H groups in total. The second-order valence-corrected chi connectivity index (χ2v) is 3.36. The zero-order valence-electron chi connectivity index (χ0n) is 5.66. The molecule has 61 valence electrons. The van der Waals surface area contributed by atoms with Gasteiger partial charge in [0.15, 0.2) is 0 Å². The minimum Gasteiger partial charge on any atom is -0.298 e. The van der Waals surface area contributed by atoms with Gasteiger partial charge < -0.3 is 0 Å². The van der Waals surface area contributed by atoms with Crippen LogP contribution in [0.3, 0.4) is 0 Å². The largest absolute Gasteiger partial charge is 0.298 e. The van der Waals surface area contributed by atoms with Gasteiger partial charge in [0, 0.05) is 6.54 Å². The molecule has 6 heteroatoms. The third-order valence-corrected chi connectivity index (χ3v) is 2.03. The van der Waals surface area contributed by atoms with Crippen LogP contribution in [0.25, 0.3) is 0 Å². The molecule has 1 atom stereocenters. The summed E-state index contributed by atoms with van der Waals surface area (Å²) in [5.74, 6) is 0. The summed E-state index contributed by atoms with van der Waals surface area (Å²) < 4.78 is 29.0. The average molecular weight is 167 g/mol. The molecule has 0 aromatic heterocycles. The molecule has 0 rings (SSSR count). The first-order chi connectivity index (χ1) is 4.52. The van der Waals surface area contributed by atoms with Gasteiger partial charge in [-0.25, -0.2) is 0 Å². The minimum atomic E-state index is -4.08. The van der Waals surface area contributed by atoms with E-state index >= 15 is 0 Å². The summed E-state index contributed by atoms with van der Waals surface area (Å²) in [5, 5.41) is 1.31. The van der Waals surface area contributed by atoms with Crippen molar-refractivity contribution < 1.29 is 13.0 Å². The van der Waals surface area contributed by atoms with E-state index in [1.54, 1.807) is 6.92 Å². The van der Waals surface area contributed by atoms with E-state index in [2.05, 4.69) is 5.32 Å². The molecular weight excluding hydrogens is 156 g/mol. The van der Waals surface area contributed by atoms with Gasteiger partial charge in [-0.15, -0.1) is 0 Å². The Hall–Kier alpha value is -0.170. The fourth-order valence-electron chi connectivity index (χ4n) is 0.510. The van der Waals surface area contributed by atoms with Gasteiger partial charge in [-0.05, 0) is 6.54 Å². The Morgan fingerprint density at radius 1 is 1.70 bits per heavy atom. The van der Waals surface area contributed by atoms with Crippen LogP contribution in [-0.2, 0) is 10.1 Å². The zero-order chi connectivity index (χ0) is 8.20. The van der Waals surface area contributed by atoms with Crippen molar-refractivity contribution in [2.75, 3.05) is 13.1 Å². The SMILES string of the molecule is CCNC(C[NH])S(=O)(=O)O. The molecule has 10 heavy (non-hydrogen) atoms. The number of likely N-dealkylation sites (N-methyl/N-ethyl adjacent to an activating group) is 1. The van der Waals surface area contributed by atoms with Crippen LogP contribution in [0.5, 0.6) is 0 Å². The highest BCUT2D eigenvalue weighted by Gasteiger charge is 2.19. The lowest BCUT2D eigenvalue weighted by Gasteiger charge is -2.10. The maximum Gasteiger partial charge on any atom is 0.282 e. The molecule has 0 heterocycles. The van der Waals surface area contributed by atoms with Crippen molar-refractivity contribution in [2.24, 2.45) is 0 Å². The maximum absolute atomic E-state index is 10.3. The Balaban J connectivity index is 4.08. The first-order valence-electron chi connectivity index (χ1n) is 2.86. The van der Waals surface area contributed by atoms with Crippen molar-refractivity contribution in [1.29, 1.82) is 0 Å². The molecule has 0 saturated heterocycles. The van der Waals surface area contributed by atoms with Crippen LogP contribution >= 0.6 is 0 Å². The second-order valence-electron chi connectivity index (χ2n) is 1.77. The van der Waals surface area contributed by atoms with E-state index in [9.17, 15) is 8.42 Å². The third kappa shape index (κ3) is 3.11. The van der Waals surface area contributed by atoms with Crippen molar-refractivity contribution >= 4 is 10.1 Å². The van der Waals surface area contributed by atoms with E-state index in [0.29, 0.717) is 6.54 Å². The van der Waals surface area contributed by atoms with E-state index in [1.807, 2.05) is 0 Å². The van der Waals surface area contributed by atoms with Crippen molar-refractivity contribution in [1.82, 2.24) is 11.1 Å². The van der Waals surface area contributed by atoms with Crippen LogP contribution in [0, 0.1) is 0 Å². The van der Waals surface area contributed by atoms with Gasteiger partial charge in [-0.2, -0.15) is 8.42 Å². The Kier molecular flexibility index (Phi) is 3.80. The Morgan fingerprint density at radius 3 is 2.30 bits per heavy atom. The number of rotatable bonds is 4. The summed E-state index contributed by atoms with van der Waals surface area (Å²) in [5.41, 5.74) is 6.72. The van der Waals surface area contributed by atoms with Crippen LogP contribution in [0.15, 0.2) is 0 Å². The van der Waals surface area contributed by atoms with Crippen molar-refractivity contribution in [2.45, 2.75) is 12.3 Å². The summed E-state index contributed by atoms with van der Waals surface area (Å²) in [4.78, 5) is 0. The van der Waals surface area contributed by atoms with Gasteiger partial charge in [0.25, 0.3) is 10.1 Å². The van der Waals surface area contributed by atoms with Gasteiger partial charge in [-0.1, -0.05) is 6.92 Å². The summed E-state index contributed by atoms with van der Waals surface area (Å²) >= 11 is 0. The van der Waals surface area contributed by atoms with Crippen molar-refractivity contribution in [3.05, 3.63) is 0 Å².